The van der Waals surface area contributed by atoms with Crippen molar-refractivity contribution < 1.29 is 4.74 Å². The lowest BCUT2D eigenvalue weighted by molar-refractivity contribution is 0.434. The van der Waals surface area contributed by atoms with Crippen LogP contribution < -0.4 is 4.74 Å². The van der Waals surface area contributed by atoms with Crippen molar-refractivity contribution in [1.82, 2.24) is 4.98 Å². The van der Waals surface area contributed by atoms with E-state index in [1.807, 2.05) is 0 Å². The molecule has 278 valence electrons. The smallest absolute Gasteiger partial charge is 0.132 e. The van der Waals surface area contributed by atoms with Crippen molar-refractivity contribution in [2.24, 2.45) is 5.92 Å². The molecule has 1 aliphatic carbocycles. The molecule has 2 heterocycles. The minimum absolute atomic E-state index is 0.0290. The molecule has 0 saturated heterocycles. The molecule has 1 aromatic heterocycles. The van der Waals surface area contributed by atoms with Crippen LogP contribution in [0.3, 0.4) is 0 Å². The summed E-state index contributed by atoms with van der Waals surface area (Å²) in [4.78, 5) is 5.57. The van der Waals surface area contributed by atoms with E-state index in [0.29, 0.717) is 0 Å². The molecule has 2 atom stereocenters. The van der Waals surface area contributed by atoms with Gasteiger partial charge in [-0.15, -0.1) is 0 Å². The Balaban J connectivity index is 1.16. The number of rotatable bonds is 7. The Hall–Kier alpha value is -7.03. The molecule has 7 aromatic carbocycles. The number of nitrogens with zero attached hydrogens (tertiary/aromatic N) is 1. The number of para-hydroxylation sites is 2. The van der Waals surface area contributed by atoms with Gasteiger partial charge in [0.05, 0.1) is 16.8 Å². The van der Waals surface area contributed by atoms with E-state index in [1.54, 1.807) is 0 Å². The van der Waals surface area contributed by atoms with E-state index in [-0.39, 0.29) is 11.8 Å². The van der Waals surface area contributed by atoms with Gasteiger partial charge in [-0.2, -0.15) is 0 Å². The standard InChI is InChI=1S/C56H43NO/c1-38-43(47-29-14-15-32-49(47)56(42-25-10-5-11-26-42)50-33-16-18-35-53(50)58-54-36-19-17-34-51(54)56)30-20-31-44(38)55-39(2)48(37-52(57-55)41-23-8-4-9-24-41)46-28-13-12-27-45(46)40-21-6-3-7-22-40/h3-38,44H,1-2H3. The predicted octanol–water partition coefficient (Wildman–Crippen LogP) is 14.3. The van der Waals surface area contributed by atoms with Gasteiger partial charge in [0, 0.05) is 22.6 Å². The minimum atomic E-state index is -0.629. The Labute approximate surface area is 341 Å². The number of hydrogen-bond donors (Lipinski definition) is 0. The van der Waals surface area contributed by atoms with E-state index in [0.717, 1.165) is 39.6 Å². The average Bonchev–Trinajstić information content (AvgIpc) is 3.29. The lowest BCUT2D eigenvalue weighted by Gasteiger charge is -2.43. The van der Waals surface area contributed by atoms with E-state index in [4.69, 9.17) is 9.72 Å². The third kappa shape index (κ3) is 5.83. The first-order valence-electron chi connectivity index (χ1n) is 20.3. The number of allylic oxidation sites excluding steroid dienone is 4. The van der Waals surface area contributed by atoms with Gasteiger partial charge in [0.2, 0.25) is 0 Å². The maximum atomic E-state index is 6.67. The van der Waals surface area contributed by atoms with E-state index < -0.39 is 5.41 Å². The Bertz CT molecular complexity index is 2790. The van der Waals surface area contributed by atoms with Crippen LogP contribution in [0.4, 0.5) is 0 Å². The maximum absolute atomic E-state index is 6.67. The normalized spacial score (nSPS) is 16.4. The Morgan fingerprint density at radius 3 is 1.67 bits per heavy atom. The minimum Gasteiger partial charge on any atom is -0.457 e. The second-order valence-corrected chi connectivity index (χ2v) is 15.4. The molecule has 10 rings (SSSR count). The molecule has 0 saturated carbocycles. The predicted molar refractivity (Wildman–Crippen MR) is 239 cm³/mol. The van der Waals surface area contributed by atoms with Crippen molar-refractivity contribution in [2.45, 2.75) is 25.2 Å². The van der Waals surface area contributed by atoms with E-state index >= 15 is 0 Å². The van der Waals surface area contributed by atoms with Crippen LogP contribution in [0.15, 0.2) is 212 Å². The number of pyridine rings is 1. The van der Waals surface area contributed by atoms with Crippen molar-refractivity contribution in [3.8, 4) is 45.0 Å². The van der Waals surface area contributed by atoms with Crippen LogP contribution in [-0.4, -0.2) is 4.98 Å². The van der Waals surface area contributed by atoms with Crippen molar-refractivity contribution in [2.75, 3.05) is 0 Å². The zero-order valence-electron chi connectivity index (χ0n) is 32.7. The van der Waals surface area contributed by atoms with Gasteiger partial charge < -0.3 is 4.74 Å². The Kier molecular flexibility index (Phi) is 9.03. The van der Waals surface area contributed by atoms with Gasteiger partial charge in [-0.1, -0.05) is 201 Å². The zero-order valence-corrected chi connectivity index (χ0v) is 32.7. The fraction of sp³-hybridized carbons (Fsp3) is 0.0893. The molecule has 2 heteroatoms. The van der Waals surface area contributed by atoms with Crippen molar-refractivity contribution in [3.05, 3.63) is 251 Å². The molecule has 0 fully saturated rings. The van der Waals surface area contributed by atoms with Crippen LogP contribution >= 0.6 is 0 Å². The fourth-order valence-electron chi connectivity index (χ4n) is 9.53. The molecule has 8 aromatic rings. The number of aromatic nitrogens is 1. The SMILES string of the molecule is Cc1c(-c2ccccc2-c2ccccc2)cc(-c2ccccc2)nc1C1C=CC=C(c2ccccc2C2(c3ccccc3)c3ccccc3Oc3ccccc32)C1C. The molecule has 0 bridgehead atoms. The van der Waals surface area contributed by atoms with Gasteiger partial charge >= 0.3 is 0 Å². The molecule has 2 aliphatic rings. The molecule has 58 heavy (non-hydrogen) atoms. The van der Waals surface area contributed by atoms with Gasteiger partial charge in [-0.25, -0.2) is 0 Å². The summed E-state index contributed by atoms with van der Waals surface area (Å²) in [5.41, 5.74) is 15.8. The molecular weight excluding hydrogens is 703 g/mol. The van der Waals surface area contributed by atoms with Crippen LogP contribution in [-0.2, 0) is 5.41 Å². The molecule has 0 N–H and O–H groups in total. The van der Waals surface area contributed by atoms with Crippen LogP contribution in [0.5, 0.6) is 11.5 Å². The lowest BCUT2D eigenvalue weighted by Crippen LogP contribution is -2.35. The topological polar surface area (TPSA) is 22.1 Å². The molecule has 2 unspecified atom stereocenters. The van der Waals surface area contributed by atoms with Crippen molar-refractivity contribution in [3.63, 3.8) is 0 Å². The van der Waals surface area contributed by atoms with E-state index in [1.165, 1.54) is 50.1 Å². The summed E-state index contributed by atoms with van der Waals surface area (Å²) in [6, 6.07) is 69.5. The number of hydrogen-bond acceptors (Lipinski definition) is 2. The second-order valence-electron chi connectivity index (χ2n) is 15.4. The molecule has 0 spiro atoms. The maximum Gasteiger partial charge on any atom is 0.132 e. The molecule has 0 radical (unpaired) electrons. The van der Waals surface area contributed by atoms with Gasteiger partial charge in [0.1, 0.15) is 11.5 Å². The zero-order chi connectivity index (χ0) is 39.1. The van der Waals surface area contributed by atoms with Crippen LogP contribution in [0.2, 0.25) is 0 Å². The van der Waals surface area contributed by atoms with E-state index in [9.17, 15) is 0 Å². The van der Waals surface area contributed by atoms with E-state index in [2.05, 4.69) is 226 Å². The second kappa shape index (κ2) is 14.8. The molecule has 0 amide bonds. The molecule has 2 nitrogen and oxygen atoms in total. The summed E-state index contributed by atoms with van der Waals surface area (Å²) in [7, 11) is 0. The highest BCUT2D eigenvalue weighted by atomic mass is 16.5. The van der Waals surface area contributed by atoms with Crippen LogP contribution in [0.25, 0.3) is 39.1 Å². The molecular formula is C56H43NO. The van der Waals surface area contributed by atoms with Gasteiger partial charge in [-0.05, 0) is 81.1 Å². The highest BCUT2D eigenvalue weighted by molar-refractivity contribution is 5.87. The third-order valence-corrected chi connectivity index (χ3v) is 12.3. The van der Waals surface area contributed by atoms with Gasteiger partial charge in [-0.3, -0.25) is 4.98 Å². The summed E-state index contributed by atoms with van der Waals surface area (Å²) in [5.74, 6) is 1.90. The number of ether oxygens (including phenoxy) is 1. The lowest BCUT2D eigenvalue weighted by atomic mass is 9.61. The summed E-state index contributed by atoms with van der Waals surface area (Å²) in [5, 5.41) is 0. The highest BCUT2D eigenvalue weighted by Gasteiger charge is 2.47. The summed E-state index contributed by atoms with van der Waals surface area (Å²) >= 11 is 0. The third-order valence-electron chi connectivity index (χ3n) is 12.3. The Morgan fingerprint density at radius 1 is 0.500 bits per heavy atom. The number of fused-ring (bicyclic) bond motifs is 2. The quantitative estimate of drug-likeness (QED) is 0.162. The van der Waals surface area contributed by atoms with Crippen molar-refractivity contribution in [1.29, 1.82) is 0 Å². The highest BCUT2D eigenvalue weighted by Crippen LogP contribution is 2.57. The van der Waals surface area contributed by atoms with Gasteiger partial charge in [0.15, 0.2) is 0 Å². The first-order chi connectivity index (χ1) is 28.6. The Morgan fingerprint density at radius 2 is 1.02 bits per heavy atom. The largest absolute Gasteiger partial charge is 0.457 e. The van der Waals surface area contributed by atoms with Crippen LogP contribution in [0, 0.1) is 12.8 Å². The fourth-order valence-corrected chi connectivity index (χ4v) is 9.53. The first-order valence-corrected chi connectivity index (χ1v) is 20.3. The first kappa shape index (κ1) is 35.4. The monoisotopic (exact) mass is 745 g/mol. The van der Waals surface area contributed by atoms with Gasteiger partial charge in [0.25, 0.3) is 0 Å². The summed E-state index contributed by atoms with van der Waals surface area (Å²) < 4.78 is 6.67. The molecule has 1 aliphatic heterocycles. The summed E-state index contributed by atoms with van der Waals surface area (Å²) in [6.45, 7) is 4.65. The summed E-state index contributed by atoms with van der Waals surface area (Å²) in [6.07, 6.45) is 6.95. The number of benzene rings is 7. The van der Waals surface area contributed by atoms with Crippen LogP contribution in [0.1, 0.15) is 51.9 Å². The average molecular weight is 746 g/mol. The van der Waals surface area contributed by atoms with Crippen molar-refractivity contribution >= 4 is 5.57 Å².